The van der Waals surface area contributed by atoms with Crippen LogP contribution in [0.2, 0.25) is 0 Å². The number of nitrogens with zero attached hydrogens (tertiary/aromatic N) is 1. The normalized spacial score (nSPS) is 18.0. The molecule has 26 heavy (non-hydrogen) atoms. The number of rotatable bonds is 3. The van der Waals surface area contributed by atoms with Crippen molar-refractivity contribution in [3.05, 3.63) is 35.0 Å². The van der Waals surface area contributed by atoms with E-state index in [0.29, 0.717) is 11.5 Å². The van der Waals surface area contributed by atoms with Gasteiger partial charge < -0.3 is 14.6 Å². The number of piperidine rings is 1. The third-order valence-corrected chi connectivity index (χ3v) is 5.80. The van der Waals surface area contributed by atoms with Crippen LogP contribution in [0.15, 0.2) is 18.2 Å². The molecule has 0 unspecified atom stereocenters. The Hall–Kier alpha value is -2.30. The third-order valence-electron chi connectivity index (χ3n) is 5.80. The van der Waals surface area contributed by atoms with E-state index >= 15 is 0 Å². The van der Waals surface area contributed by atoms with E-state index in [-0.39, 0.29) is 12.5 Å². The van der Waals surface area contributed by atoms with E-state index in [0.717, 1.165) is 49.7 Å². The highest BCUT2D eigenvalue weighted by molar-refractivity contribution is 5.97. The second-order valence-corrected chi connectivity index (χ2v) is 7.69. The zero-order valence-corrected chi connectivity index (χ0v) is 15.3. The molecule has 5 nitrogen and oxygen atoms in total. The molecule has 0 atom stereocenters. The van der Waals surface area contributed by atoms with E-state index in [1.807, 2.05) is 12.1 Å². The van der Waals surface area contributed by atoms with Crippen LogP contribution in [0.1, 0.15) is 54.2 Å². The summed E-state index contributed by atoms with van der Waals surface area (Å²) in [6.07, 6.45) is 6.58. The maximum Gasteiger partial charge on any atom is 0.338 e. The highest BCUT2D eigenvalue weighted by Crippen LogP contribution is 2.29. The number of carbonyl (C=O) groups excluding carboxylic acids is 2. The molecule has 2 heterocycles. The van der Waals surface area contributed by atoms with Crippen LogP contribution in [0.4, 0.5) is 0 Å². The van der Waals surface area contributed by atoms with Crippen LogP contribution in [-0.4, -0.2) is 41.5 Å². The topological polar surface area (TPSA) is 62.4 Å². The van der Waals surface area contributed by atoms with Crippen LogP contribution in [0.5, 0.6) is 0 Å². The van der Waals surface area contributed by atoms with Gasteiger partial charge in [-0.3, -0.25) is 4.79 Å². The van der Waals surface area contributed by atoms with Crippen molar-refractivity contribution >= 4 is 22.8 Å². The Kier molecular flexibility index (Phi) is 4.70. The number of nitrogens with one attached hydrogen (secondary N) is 1. The van der Waals surface area contributed by atoms with Gasteiger partial charge >= 0.3 is 5.97 Å². The molecular formula is C21H26N2O3. The molecule has 1 aromatic carbocycles. The summed E-state index contributed by atoms with van der Waals surface area (Å²) in [5.74, 6) is 0.155. The molecular weight excluding hydrogens is 328 g/mol. The fourth-order valence-electron chi connectivity index (χ4n) is 4.09. The lowest BCUT2D eigenvalue weighted by Gasteiger charge is -2.30. The number of aryl methyl sites for hydroxylation is 2. The van der Waals surface area contributed by atoms with Gasteiger partial charge in [0.2, 0.25) is 0 Å². The van der Waals surface area contributed by atoms with Crippen molar-refractivity contribution in [3.63, 3.8) is 0 Å². The summed E-state index contributed by atoms with van der Waals surface area (Å²) in [6, 6.07) is 5.63. The minimum absolute atomic E-state index is 0.0923. The molecule has 1 fully saturated rings. The predicted molar refractivity (Wildman–Crippen MR) is 100 cm³/mol. The molecule has 138 valence electrons. The summed E-state index contributed by atoms with van der Waals surface area (Å²) in [7, 11) is 0. The second-order valence-electron chi connectivity index (χ2n) is 7.69. The molecule has 1 aromatic heterocycles. The number of H-pyrrole nitrogens is 1. The van der Waals surface area contributed by atoms with E-state index in [4.69, 9.17) is 4.74 Å². The number of aromatic nitrogens is 1. The number of hydrogen-bond acceptors (Lipinski definition) is 3. The Bertz CT molecular complexity index is 831. The fraction of sp³-hybridized carbons (Fsp3) is 0.524. The Labute approximate surface area is 153 Å². The van der Waals surface area contributed by atoms with Crippen molar-refractivity contribution in [2.45, 2.75) is 45.4 Å². The molecule has 1 amide bonds. The van der Waals surface area contributed by atoms with Gasteiger partial charge in [-0.15, -0.1) is 0 Å². The highest BCUT2D eigenvalue weighted by atomic mass is 16.5. The van der Waals surface area contributed by atoms with Gasteiger partial charge in [0, 0.05) is 29.7 Å². The monoisotopic (exact) mass is 354 g/mol. The summed E-state index contributed by atoms with van der Waals surface area (Å²) in [5, 5.41) is 1.12. The predicted octanol–water partition coefficient (Wildman–Crippen LogP) is 3.46. The van der Waals surface area contributed by atoms with E-state index in [9.17, 15) is 9.59 Å². The van der Waals surface area contributed by atoms with E-state index in [1.165, 1.54) is 24.1 Å². The molecule has 0 bridgehead atoms. The second kappa shape index (κ2) is 7.14. The first-order chi connectivity index (χ1) is 12.6. The molecule has 1 aliphatic carbocycles. The molecule has 1 aliphatic heterocycles. The average Bonchev–Trinajstić information content (AvgIpc) is 3.04. The molecule has 0 saturated carbocycles. The lowest BCUT2D eigenvalue weighted by Crippen LogP contribution is -2.40. The van der Waals surface area contributed by atoms with Gasteiger partial charge in [0.1, 0.15) is 0 Å². The van der Waals surface area contributed by atoms with Gasteiger partial charge in [0.05, 0.1) is 5.56 Å². The average molecular weight is 354 g/mol. The molecule has 2 aliphatic rings. The smallest absolute Gasteiger partial charge is 0.338 e. The largest absolute Gasteiger partial charge is 0.452 e. The molecule has 4 rings (SSSR count). The first-order valence-corrected chi connectivity index (χ1v) is 9.70. The number of esters is 1. The number of aromatic amines is 1. The highest BCUT2D eigenvalue weighted by Gasteiger charge is 2.22. The van der Waals surface area contributed by atoms with Gasteiger partial charge in [0.25, 0.3) is 5.91 Å². The van der Waals surface area contributed by atoms with Crippen molar-refractivity contribution in [2.24, 2.45) is 5.92 Å². The van der Waals surface area contributed by atoms with Crippen LogP contribution < -0.4 is 0 Å². The summed E-state index contributed by atoms with van der Waals surface area (Å²) >= 11 is 0. The minimum atomic E-state index is -0.420. The number of ether oxygens (including phenoxy) is 1. The van der Waals surface area contributed by atoms with Crippen LogP contribution in [0.25, 0.3) is 10.9 Å². The quantitative estimate of drug-likeness (QED) is 0.859. The number of fused-ring (bicyclic) bond motifs is 3. The van der Waals surface area contributed by atoms with Gasteiger partial charge in [-0.2, -0.15) is 0 Å². The SMILES string of the molecule is CC1CCN(C(=O)COC(=O)c2ccc3[nH]c4c(c3c2)CCCC4)CC1. The van der Waals surface area contributed by atoms with Crippen LogP contribution in [0.3, 0.4) is 0 Å². The van der Waals surface area contributed by atoms with Crippen LogP contribution in [0, 0.1) is 5.92 Å². The Morgan fingerprint density at radius 3 is 2.77 bits per heavy atom. The Morgan fingerprint density at radius 2 is 1.96 bits per heavy atom. The van der Waals surface area contributed by atoms with Crippen molar-refractivity contribution in [1.29, 1.82) is 0 Å². The standard InChI is InChI=1S/C21H26N2O3/c1-14-8-10-23(11-9-14)20(24)13-26-21(25)15-6-7-19-17(12-15)16-4-2-3-5-18(16)22-19/h6-7,12,14,22H,2-5,8-11,13H2,1H3. The third kappa shape index (κ3) is 3.35. The molecule has 0 radical (unpaired) electrons. The van der Waals surface area contributed by atoms with E-state index in [1.54, 1.807) is 11.0 Å². The van der Waals surface area contributed by atoms with E-state index < -0.39 is 5.97 Å². The Morgan fingerprint density at radius 1 is 1.19 bits per heavy atom. The van der Waals surface area contributed by atoms with Crippen molar-refractivity contribution in [2.75, 3.05) is 19.7 Å². The maximum atomic E-state index is 12.4. The zero-order valence-electron chi connectivity index (χ0n) is 15.3. The summed E-state index contributed by atoms with van der Waals surface area (Å²) in [4.78, 5) is 29.9. The molecule has 1 saturated heterocycles. The van der Waals surface area contributed by atoms with Gasteiger partial charge in [0.15, 0.2) is 6.61 Å². The Balaban J connectivity index is 1.42. The molecule has 5 heteroatoms. The first-order valence-electron chi connectivity index (χ1n) is 9.70. The van der Waals surface area contributed by atoms with Crippen LogP contribution >= 0.6 is 0 Å². The summed E-state index contributed by atoms with van der Waals surface area (Å²) in [6.45, 7) is 3.56. The van der Waals surface area contributed by atoms with E-state index in [2.05, 4.69) is 11.9 Å². The van der Waals surface area contributed by atoms with Gasteiger partial charge in [-0.1, -0.05) is 6.92 Å². The lowest BCUT2D eigenvalue weighted by atomic mass is 9.95. The number of amides is 1. The molecule has 0 spiro atoms. The van der Waals surface area contributed by atoms with Gasteiger partial charge in [-0.05, 0) is 68.2 Å². The maximum absolute atomic E-state index is 12.4. The zero-order chi connectivity index (χ0) is 18.1. The van der Waals surface area contributed by atoms with Gasteiger partial charge in [-0.25, -0.2) is 4.79 Å². The molecule has 2 aromatic rings. The molecule has 1 N–H and O–H groups in total. The minimum Gasteiger partial charge on any atom is -0.452 e. The number of hydrogen-bond donors (Lipinski definition) is 1. The van der Waals surface area contributed by atoms with Crippen LogP contribution in [-0.2, 0) is 22.4 Å². The number of benzene rings is 1. The summed E-state index contributed by atoms with van der Waals surface area (Å²) < 4.78 is 5.30. The lowest BCUT2D eigenvalue weighted by molar-refractivity contribution is -0.135. The van der Waals surface area contributed by atoms with Crippen molar-refractivity contribution in [3.8, 4) is 0 Å². The summed E-state index contributed by atoms with van der Waals surface area (Å²) in [5.41, 5.74) is 4.22. The fourth-order valence-corrected chi connectivity index (χ4v) is 4.09. The van der Waals surface area contributed by atoms with Crippen molar-refractivity contribution < 1.29 is 14.3 Å². The first kappa shape index (κ1) is 17.1. The number of carbonyl (C=O) groups is 2. The number of likely N-dealkylation sites (tertiary alicyclic amines) is 1. The van der Waals surface area contributed by atoms with Crippen molar-refractivity contribution in [1.82, 2.24) is 9.88 Å².